The van der Waals surface area contributed by atoms with E-state index in [4.69, 9.17) is 4.74 Å². The van der Waals surface area contributed by atoms with Gasteiger partial charge in [-0.25, -0.2) is 9.97 Å². The molecule has 0 saturated carbocycles. The molecule has 4 aromatic rings. The van der Waals surface area contributed by atoms with Gasteiger partial charge in [-0.05, 0) is 36.5 Å². The third-order valence-electron chi connectivity index (χ3n) is 5.47. The van der Waals surface area contributed by atoms with Crippen molar-refractivity contribution in [2.24, 2.45) is 5.92 Å². The van der Waals surface area contributed by atoms with Crippen molar-refractivity contribution in [1.29, 1.82) is 0 Å². The number of hydrogen-bond donors (Lipinski definition) is 0. The van der Waals surface area contributed by atoms with E-state index < -0.39 is 0 Å². The molecule has 29 heavy (non-hydrogen) atoms. The molecule has 4 heterocycles. The van der Waals surface area contributed by atoms with E-state index in [1.54, 1.807) is 30.1 Å². The number of fused-ring (bicyclic) bond motifs is 1. The number of anilines is 1. The van der Waals surface area contributed by atoms with Gasteiger partial charge >= 0.3 is 0 Å². The van der Waals surface area contributed by atoms with E-state index in [1.165, 1.54) is 16.5 Å². The van der Waals surface area contributed by atoms with Crippen LogP contribution in [-0.4, -0.2) is 34.6 Å². The van der Waals surface area contributed by atoms with Crippen molar-refractivity contribution in [2.45, 2.75) is 12.8 Å². The van der Waals surface area contributed by atoms with Crippen molar-refractivity contribution in [3.8, 4) is 16.9 Å². The molecule has 1 aliphatic heterocycles. The summed E-state index contributed by atoms with van der Waals surface area (Å²) < 4.78 is 5.92. The molecule has 0 aliphatic carbocycles. The molecule has 3 aromatic heterocycles. The molecule has 5 nitrogen and oxygen atoms in total. The first-order valence-corrected chi connectivity index (χ1v) is 10.8. The van der Waals surface area contributed by atoms with Gasteiger partial charge in [-0.1, -0.05) is 30.3 Å². The Labute approximate surface area is 174 Å². The lowest BCUT2D eigenvalue weighted by Crippen LogP contribution is -2.36. The quantitative estimate of drug-likeness (QED) is 0.468. The van der Waals surface area contributed by atoms with Crippen LogP contribution in [0.1, 0.15) is 12.8 Å². The highest BCUT2D eigenvalue weighted by atomic mass is 32.1. The Kier molecular flexibility index (Phi) is 5.09. The van der Waals surface area contributed by atoms with Gasteiger partial charge in [-0.2, -0.15) is 0 Å². The topological polar surface area (TPSA) is 51.1 Å². The molecule has 0 amide bonds. The second-order valence-corrected chi connectivity index (χ2v) is 8.18. The lowest BCUT2D eigenvalue weighted by atomic mass is 9.97. The third kappa shape index (κ3) is 3.80. The summed E-state index contributed by atoms with van der Waals surface area (Å²) in [6.45, 7) is 2.71. The number of aromatic nitrogens is 3. The lowest BCUT2D eigenvalue weighted by Gasteiger charge is -2.33. The molecule has 1 aliphatic rings. The molecule has 0 radical (unpaired) electrons. The SMILES string of the molecule is c1ccc(-c2csc3ncnc(N4CCC(COc5cccnc5)CC4)c23)cc1. The van der Waals surface area contributed by atoms with Gasteiger partial charge in [0, 0.05) is 30.2 Å². The fraction of sp³-hybridized carbons (Fsp3) is 0.261. The van der Waals surface area contributed by atoms with Crippen LogP contribution in [0.15, 0.2) is 66.6 Å². The number of hydrogen-bond acceptors (Lipinski definition) is 6. The summed E-state index contributed by atoms with van der Waals surface area (Å²) in [5, 5.41) is 3.38. The van der Waals surface area contributed by atoms with E-state index in [9.17, 15) is 0 Å². The van der Waals surface area contributed by atoms with Crippen LogP contribution in [0.25, 0.3) is 21.3 Å². The van der Waals surface area contributed by atoms with E-state index in [0.717, 1.165) is 48.9 Å². The number of pyridine rings is 1. The Hall–Kier alpha value is -2.99. The first-order chi connectivity index (χ1) is 14.4. The monoisotopic (exact) mass is 402 g/mol. The van der Waals surface area contributed by atoms with Gasteiger partial charge in [-0.3, -0.25) is 4.98 Å². The van der Waals surface area contributed by atoms with E-state index in [2.05, 4.69) is 49.5 Å². The molecule has 1 fully saturated rings. The van der Waals surface area contributed by atoms with E-state index in [-0.39, 0.29) is 0 Å². The molecule has 0 spiro atoms. The molecular weight excluding hydrogens is 380 g/mol. The third-order valence-corrected chi connectivity index (χ3v) is 6.36. The Morgan fingerprint density at radius 2 is 1.90 bits per heavy atom. The summed E-state index contributed by atoms with van der Waals surface area (Å²) in [6.07, 6.45) is 7.42. The average Bonchev–Trinajstić information content (AvgIpc) is 3.24. The van der Waals surface area contributed by atoms with E-state index in [1.807, 2.05) is 18.2 Å². The maximum Gasteiger partial charge on any atom is 0.141 e. The van der Waals surface area contributed by atoms with Crippen LogP contribution in [0, 0.1) is 5.92 Å². The smallest absolute Gasteiger partial charge is 0.141 e. The summed E-state index contributed by atoms with van der Waals surface area (Å²) in [6, 6.07) is 14.4. The summed E-state index contributed by atoms with van der Waals surface area (Å²) >= 11 is 1.69. The maximum absolute atomic E-state index is 5.92. The largest absolute Gasteiger partial charge is 0.492 e. The summed E-state index contributed by atoms with van der Waals surface area (Å²) in [7, 11) is 0. The summed E-state index contributed by atoms with van der Waals surface area (Å²) in [4.78, 5) is 16.8. The lowest BCUT2D eigenvalue weighted by molar-refractivity contribution is 0.222. The average molecular weight is 403 g/mol. The molecule has 146 valence electrons. The van der Waals surface area contributed by atoms with Crippen LogP contribution < -0.4 is 9.64 Å². The maximum atomic E-state index is 5.92. The minimum Gasteiger partial charge on any atom is -0.492 e. The fourth-order valence-electron chi connectivity index (χ4n) is 3.89. The van der Waals surface area contributed by atoms with Crippen LogP contribution >= 0.6 is 11.3 Å². The van der Waals surface area contributed by atoms with Gasteiger partial charge in [0.25, 0.3) is 0 Å². The van der Waals surface area contributed by atoms with Crippen molar-refractivity contribution in [1.82, 2.24) is 15.0 Å². The number of nitrogens with zero attached hydrogens (tertiary/aromatic N) is 4. The van der Waals surface area contributed by atoms with Gasteiger partial charge < -0.3 is 9.64 Å². The summed E-state index contributed by atoms with van der Waals surface area (Å²) in [5.41, 5.74) is 2.44. The Morgan fingerprint density at radius 3 is 2.69 bits per heavy atom. The minimum atomic E-state index is 0.555. The first-order valence-electron chi connectivity index (χ1n) is 9.94. The highest BCUT2D eigenvalue weighted by molar-refractivity contribution is 7.17. The Morgan fingerprint density at radius 1 is 1.03 bits per heavy atom. The highest BCUT2D eigenvalue weighted by Crippen LogP contribution is 2.38. The Balaban J connectivity index is 1.33. The molecule has 0 unspecified atom stereocenters. The summed E-state index contributed by atoms with van der Waals surface area (Å²) in [5.74, 6) is 2.46. The van der Waals surface area contributed by atoms with Gasteiger partial charge in [0.2, 0.25) is 0 Å². The number of piperidine rings is 1. The van der Waals surface area contributed by atoms with Crippen molar-refractivity contribution in [3.63, 3.8) is 0 Å². The zero-order valence-electron chi connectivity index (χ0n) is 16.1. The predicted molar refractivity (Wildman–Crippen MR) is 118 cm³/mol. The molecule has 0 atom stereocenters. The van der Waals surface area contributed by atoms with Crippen LogP contribution in [0.4, 0.5) is 5.82 Å². The normalized spacial score (nSPS) is 15.0. The molecular formula is C23H22N4OS. The van der Waals surface area contributed by atoms with Crippen LogP contribution in [0.2, 0.25) is 0 Å². The van der Waals surface area contributed by atoms with E-state index >= 15 is 0 Å². The second kappa shape index (κ2) is 8.17. The Bertz CT molecular complexity index is 1080. The van der Waals surface area contributed by atoms with Crippen LogP contribution in [-0.2, 0) is 0 Å². The molecule has 0 bridgehead atoms. The number of benzene rings is 1. The van der Waals surface area contributed by atoms with Crippen LogP contribution in [0.3, 0.4) is 0 Å². The van der Waals surface area contributed by atoms with Gasteiger partial charge in [-0.15, -0.1) is 11.3 Å². The van der Waals surface area contributed by atoms with E-state index in [0.29, 0.717) is 5.92 Å². The van der Waals surface area contributed by atoms with Crippen LogP contribution in [0.5, 0.6) is 5.75 Å². The van der Waals surface area contributed by atoms with Crippen molar-refractivity contribution >= 4 is 27.4 Å². The number of thiophene rings is 1. The van der Waals surface area contributed by atoms with Crippen molar-refractivity contribution < 1.29 is 4.74 Å². The molecule has 6 heteroatoms. The number of ether oxygens (including phenoxy) is 1. The van der Waals surface area contributed by atoms with Gasteiger partial charge in [0.1, 0.15) is 22.7 Å². The van der Waals surface area contributed by atoms with Crippen molar-refractivity contribution in [2.75, 3.05) is 24.6 Å². The zero-order chi connectivity index (χ0) is 19.5. The minimum absolute atomic E-state index is 0.555. The molecule has 5 rings (SSSR count). The van der Waals surface area contributed by atoms with Gasteiger partial charge in [0.15, 0.2) is 0 Å². The van der Waals surface area contributed by atoms with Crippen molar-refractivity contribution in [3.05, 3.63) is 66.6 Å². The fourth-order valence-corrected chi connectivity index (χ4v) is 4.80. The standard InChI is InChI=1S/C23H22N4OS/c1-2-5-18(6-3-1)20-15-29-23-21(20)22(25-16-26-23)27-11-8-17(9-12-27)14-28-19-7-4-10-24-13-19/h1-7,10,13,15-17H,8-9,11-12,14H2. The zero-order valence-corrected chi connectivity index (χ0v) is 16.9. The van der Waals surface area contributed by atoms with Gasteiger partial charge in [0.05, 0.1) is 18.2 Å². The number of rotatable bonds is 5. The second-order valence-electron chi connectivity index (χ2n) is 7.32. The predicted octanol–water partition coefficient (Wildman–Crippen LogP) is 5.05. The highest BCUT2D eigenvalue weighted by Gasteiger charge is 2.24. The molecule has 1 aromatic carbocycles. The molecule has 1 saturated heterocycles. The first kappa shape index (κ1) is 18.1. The molecule has 0 N–H and O–H groups in total.